The topological polar surface area (TPSA) is 26.0 Å². The van der Waals surface area contributed by atoms with Crippen molar-refractivity contribution in [2.45, 2.75) is 26.7 Å². The molecule has 1 nitrogen and oxygen atoms in total. The van der Waals surface area contributed by atoms with Gasteiger partial charge in [0.15, 0.2) is 0 Å². The number of hydrogen-bond acceptors (Lipinski definition) is 1. The predicted octanol–water partition coefficient (Wildman–Crippen LogP) is 3.43. The van der Waals surface area contributed by atoms with Gasteiger partial charge in [-0.3, -0.25) is 0 Å². The molecule has 0 amide bonds. The summed E-state index contributed by atoms with van der Waals surface area (Å²) in [7, 11) is 0. The van der Waals surface area contributed by atoms with Crippen LogP contribution in [0.25, 0.3) is 5.57 Å². The minimum atomic E-state index is 0.993. The molecule has 80 valence electrons. The fourth-order valence-electron chi connectivity index (χ4n) is 1.67. The highest BCUT2D eigenvalue weighted by Gasteiger charge is 2.01. The molecular formula is C14H19N. The van der Waals surface area contributed by atoms with Crippen LogP contribution in [0.15, 0.2) is 37.1 Å². The SMILES string of the molecule is C=C/C(=C\N)c1ccc(C)c(CCC)c1. The van der Waals surface area contributed by atoms with Gasteiger partial charge in [0.25, 0.3) is 0 Å². The third-order valence-electron chi connectivity index (χ3n) is 2.60. The molecular weight excluding hydrogens is 182 g/mol. The summed E-state index contributed by atoms with van der Waals surface area (Å²) in [5.41, 5.74) is 10.4. The van der Waals surface area contributed by atoms with Crippen LogP contribution < -0.4 is 5.73 Å². The standard InChI is InChI=1S/C14H19N/c1-4-6-13-9-14(8-7-11(13)3)12(5-2)10-15/h5,7-10H,2,4,6,15H2,1,3H3/b12-10+. The molecule has 0 bridgehead atoms. The van der Waals surface area contributed by atoms with E-state index in [1.165, 1.54) is 17.5 Å². The van der Waals surface area contributed by atoms with E-state index >= 15 is 0 Å². The first kappa shape index (κ1) is 11.6. The number of benzene rings is 1. The summed E-state index contributed by atoms with van der Waals surface area (Å²) in [6.45, 7) is 8.10. The number of nitrogens with two attached hydrogens (primary N) is 1. The monoisotopic (exact) mass is 201 g/mol. The molecule has 1 rings (SSSR count). The second-order valence-corrected chi connectivity index (χ2v) is 3.72. The molecule has 0 aliphatic heterocycles. The molecule has 1 aromatic carbocycles. The molecule has 1 aromatic rings. The van der Waals surface area contributed by atoms with Crippen molar-refractivity contribution in [1.29, 1.82) is 0 Å². The zero-order valence-electron chi connectivity index (χ0n) is 9.59. The van der Waals surface area contributed by atoms with Crippen molar-refractivity contribution >= 4 is 5.57 Å². The van der Waals surface area contributed by atoms with Gasteiger partial charge in [0.1, 0.15) is 0 Å². The zero-order valence-corrected chi connectivity index (χ0v) is 9.59. The molecule has 0 saturated heterocycles. The van der Waals surface area contributed by atoms with Crippen molar-refractivity contribution in [2.24, 2.45) is 5.73 Å². The van der Waals surface area contributed by atoms with Crippen LogP contribution in [0.2, 0.25) is 0 Å². The van der Waals surface area contributed by atoms with Gasteiger partial charge in [0.05, 0.1) is 0 Å². The number of rotatable bonds is 4. The van der Waals surface area contributed by atoms with Crippen molar-refractivity contribution in [3.05, 3.63) is 53.7 Å². The minimum Gasteiger partial charge on any atom is -0.404 e. The first-order valence-corrected chi connectivity index (χ1v) is 5.37. The quantitative estimate of drug-likeness (QED) is 0.742. The average molecular weight is 201 g/mol. The molecule has 0 radical (unpaired) electrons. The lowest BCUT2D eigenvalue weighted by molar-refractivity contribution is 0.912. The summed E-state index contributed by atoms with van der Waals surface area (Å²) in [5.74, 6) is 0. The molecule has 0 saturated carbocycles. The van der Waals surface area contributed by atoms with Crippen LogP contribution >= 0.6 is 0 Å². The molecule has 0 heterocycles. The lowest BCUT2D eigenvalue weighted by atomic mass is 9.98. The molecule has 0 spiro atoms. The van der Waals surface area contributed by atoms with E-state index in [9.17, 15) is 0 Å². The fraction of sp³-hybridized carbons (Fsp3) is 0.286. The largest absolute Gasteiger partial charge is 0.404 e. The van der Waals surface area contributed by atoms with Crippen LogP contribution in [0.4, 0.5) is 0 Å². The van der Waals surface area contributed by atoms with Crippen molar-refractivity contribution in [1.82, 2.24) is 0 Å². The van der Waals surface area contributed by atoms with Gasteiger partial charge >= 0.3 is 0 Å². The van der Waals surface area contributed by atoms with Crippen molar-refractivity contribution in [2.75, 3.05) is 0 Å². The Kier molecular flexibility index (Phi) is 4.17. The van der Waals surface area contributed by atoms with E-state index in [1.807, 2.05) is 0 Å². The van der Waals surface area contributed by atoms with Gasteiger partial charge < -0.3 is 5.73 Å². The molecule has 0 aliphatic carbocycles. The van der Waals surface area contributed by atoms with E-state index in [0.29, 0.717) is 0 Å². The first-order chi connectivity index (χ1) is 7.22. The maximum Gasteiger partial charge on any atom is 0.00173 e. The highest BCUT2D eigenvalue weighted by molar-refractivity contribution is 5.73. The summed E-state index contributed by atoms with van der Waals surface area (Å²) in [4.78, 5) is 0. The Hall–Kier alpha value is -1.50. The van der Waals surface area contributed by atoms with Crippen LogP contribution in [0.3, 0.4) is 0 Å². The maximum absolute atomic E-state index is 5.54. The summed E-state index contributed by atoms with van der Waals surface area (Å²) < 4.78 is 0. The maximum atomic E-state index is 5.54. The molecule has 0 atom stereocenters. The second-order valence-electron chi connectivity index (χ2n) is 3.72. The van der Waals surface area contributed by atoms with Gasteiger partial charge in [-0.2, -0.15) is 0 Å². The Morgan fingerprint density at radius 3 is 2.73 bits per heavy atom. The summed E-state index contributed by atoms with van der Waals surface area (Å²) in [6.07, 6.45) is 5.68. The molecule has 1 heteroatoms. The Morgan fingerprint density at radius 2 is 2.20 bits per heavy atom. The van der Waals surface area contributed by atoms with Gasteiger partial charge in [-0.15, -0.1) is 0 Å². The van der Waals surface area contributed by atoms with E-state index < -0.39 is 0 Å². The summed E-state index contributed by atoms with van der Waals surface area (Å²) in [5, 5.41) is 0. The van der Waals surface area contributed by atoms with Gasteiger partial charge in [-0.05, 0) is 35.6 Å². The molecule has 0 aliphatic rings. The Balaban J connectivity index is 3.11. The van der Waals surface area contributed by atoms with E-state index in [0.717, 1.165) is 17.6 Å². The zero-order chi connectivity index (χ0) is 11.3. The number of aryl methyl sites for hydroxylation is 2. The van der Waals surface area contributed by atoms with Crippen LogP contribution in [-0.2, 0) is 6.42 Å². The fourth-order valence-corrected chi connectivity index (χ4v) is 1.67. The van der Waals surface area contributed by atoms with E-state index in [2.05, 4.69) is 38.6 Å². The van der Waals surface area contributed by atoms with Crippen LogP contribution in [0.1, 0.15) is 30.0 Å². The van der Waals surface area contributed by atoms with Crippen LogP contribution in [0.5, 0.6) is 0 Å². The van der Waals surface area contributed by atoms with E-state index in [-0.39, 0.29) is 0 Å². The van der Waals surface area contributed by atoms with Gasteiger partial charge in [-0.25, -0.2) is 0 Å². The first-order valence-electron chi connectivity index (χ1n) is 5.37. The predicted molar refractivity (Wildman–Crippen MR) is 67.5 cm³/mol. The summed E-state index contributed by atoms with van der Waals surface area (Å²) in [6, 6.07) is 6.45. The third-order valence-corrected chi connectivity index (χ3v) is 2.60. The molecule has 2 N–H and O–H groups in total. The van der Waals surface area contributed by atoms with Crippen LogP contribution in [0, 0.1) is 6.92 Å². The smallest absolute Gasteiger partial charge is 0.00173 e. The van der Waals surface area contributed by atoms with Crippen molar-refractivity contribution in [3.63, 3.8) is 0 Å². The Morgan fingerprint density at radius 1 is 1.47 bits per heavy atom. The summed E-state index contributed by atoms with van der Waals surface area (Å²) >= 11 is 0. The lowest BCUT2D eigenvalue weighted by Crippen LogP contribution is -1.93. The Bertz CT molecular complexity index is 375. The highest BCUT2D eigenvalue weighted by atomic mass is 14.5. The second kappa shape index (κ2) is 5.40. The van der Waals surface area contributed by atoms with Gasteiger partial charge in [0, 0.05) is 6.20 Å². The van der Waals surface area contributed by atoms with E-state index in [4.69, 9.17) is 5.73 Å². The molecule has 0 fully saturated rings. The molecule has 15 heavy (non-hydrogen) atoms. The number of hydrogen-bond donors (Lipinski definition) is 1. The highest BCUT2D eigenvalue weighted by Crippen LogP contribution is 2.19. The minimum absolute atomic E-state index is 0.993. The average Bonchev–Trinajstić information content (AvgIpc) is 2.25. The van der Waals surface area contributed by atoms with Gasteiger partial charge in [-0.1, -0.05) is 44.2 Å². The molecule has 0 aromatic heterocycles. The lowest BCUT2D eigenvalue weighted by Gasteiger charge is -2.08. The third kappa shape index (κ3) is 2.72. The molecule has 0 unspecified atom stereocenters. The Labute approximate surface area is 92.3 Å². The van der Waals surface area contributed by atoms with Crippen molar-refractivity contribution in [3.8, 4) is 0 Å². The van der Waals surface area contributed by atoms with Crippen LogP contribution in [-0.4, -0.2) is 0 Å². The van der Waals surface area contributed by atoms with E-state index in [1.54, 1.807) is 12.3 Å². The number of allylic oxidation sites excluding steroid dienone is 2. The van der Waals surface area contributed by atoms with Crippen molar-refractivity contribution < 1.29 is 0 Å². The normalized spacial score (nSPS) is 11.5. The van der Waals surface area contributed by atoms with Gasteiger partial charge in [0.2, 0.25) is 0 Å².